The Morgan fingerprint density at radius 2 is 1.52 bits per heavy atom. The van der Waals surface area contributed by atoms with Crippen molar-refractivity contribution in [3.8, 4) is 34.8 Å². The first-order chi connectivity index (χ1) is 15.3. The van der Waals surface area contributed by atoms with E-state index in [9.17, 15) is 0 Å². The molecule has 1 heterocycles. The van der Waals surface area contributed by atoms with Gasteiger partial charge in [0.05, 0.1) is 4.88 Å². The number of rotatable bonds is 6. The summed E-state index contributed by atoms with van der Waals surface area (Å²) in [4.78, 5) is 2.53. The summed E-state index contributed by atoms with van der Waals surface area (Å²) in [5.74, 6) is 12.6. The third-order valence-electron chi connectivity index (χ3n) is 5.37. The second-order valence-corrected chi connectivity index (χ2v) is 8.85. The fraction of sp³-hybridized carbons (Fsp3) is 0.200. The van der Waals surface area contributed by atoms with Crippen LogP contribution < -0.4 is 0 Å². The molecule has 0 aliphatic carbocycles. The van der Waals surface area contributed by atoms with Crippen molar-refractivity contribution in [3.05, 3.63) is 94.2 Å². The van der Waals surface area contributed by atoms with Gasteiger partial charge in [-0.05, 0) is 76.8 Å². The highest BCUT2D eigenvalue weighted by atomic mass is 32.1. The van der Waals surface area contributed by atoms with Gasteiger partial charge in [-0.2, -0.15) is 0 Å². The molecule has 0 amide bonds. The third-order valence-corrected chi connectivity index (χ3v) is 6.43. The molecule has 0 nitrogen and oxygen atoms in total. The van der Waals surface area contributed by atoms with Crippen LogP contribution in [0, 0.1) is 23.7 Å². The molecule has 4 rings (SSSR count). The molecule has 0 radical (unpaired) electrons. The van der Waals surface area contributed by atoms with Gasteiger partial charge in [-0.25, -0.2) is 0 Å². The smallest absolute Gasteiger partial charge is 0.0781 e. The van der Waals surface area contributed by atoms with Crippen LogP contribution in [0.5, 0.6) is 0 Å². The predicted octanol–water partition coefficient (Wildman–Crippen LogP) is 8.09. The lowest BCUT2D eigenvalue weighted by Crippen LogP contribution is -1.84. The summed E-state index contributed by atoms with van der Waals surface area (Å²) < 4.78 is 0. The van der Waals surface area contributed by atoms with Gasteiger partial charge in [-0.15, -0.1) is 11.3 Å². The number of unbranched alkanes of at least 4 members (excludes halogenated alkanes) is 3. The lowest BCUT2D eigenvalue weighted by molar-refractivity contribution is 0.670. The lowest BCUT2D eigenvalue weighted by atomic mass is 9.97. The highest BCUT2D eigenvalue weighted by molar-refractivity contribution is 7.12. The number of benzene rings is 3. The largest absolute Gasteiger partial charge is 0.132 e. The summed E-state index contributed by atoms with van der Waals surface area (Å²) in [5, 5.41) is 2.49. The monoisotopic (exact) mass is 418 g/mol. The van der Waals surface area contributed by atoms with Gasteiger partial charge in [0.2, 0.25) is 0 Å². The first-order valence-electron chi connectivity index (χ1n) is 11.0. The summed E-state index contributed by atoms with van der Waals surface area (Å²) in [6, 6.07) is 27.6. The molecular formula is C30H26S. The van der Waals surface area contributed by atoms with Crippen molar-refractivity contribution in [2.24, 2.45) is 0 Å². The average Bonchev–Trinajstić information content (AvgIpc) is 3.27. The summed E-state index contributed by atoms with van der Waals surface area (Å²) in [6.45, 7) is 2.25. The van der Waals surface area contributed by atoms with Crippen molar-refractivity contribution in [1.82, 2.24) is 0 Å². The Morgan fingerprint density at radius 1 is 0.710 bits per heavy atom. The summed E-state index contributed by atoms with van der Waals surface area (Å²) in [7, 11) is 0. The van der Waals surface area contributed by atoms with Gasteiger partial charge in [-0.1, -0.05) is 86.7 Å². The second-order valence-electron chi connectivity index (χ2n) is 7.68. The molecule has 0 bridgehead atoms. The Morgan fingerprint density at radius 3 is 2.42 bits per heavy atom. The molecule has 0 aliphatic heterocycles. The van der Waals surface area contributed by atoms with E-state index in [-0.39, 0.29) is 0 Å². The van der Waals surface area contributed by atoms with Crippen LogP contribution in [0.4, 0.5) is 0 Å². The van der Waals surface area contributed by atoms with Crippen LogP contribution in [0.15, 0.2) is 78.9 Å². The molecule has 152 valence electrons. The zero-order chi connectivity index (χ0) is 21.3. The first kappa shape index (κ1) is 21.0. The maximum absolute atomic E-state index is 3.27. The van der Waals surface area contributed by atoms with E-state index in [0.29, 0.717) is 0 Å². The van der Waals surface area contributed by atoms with Gasteiger partial charge in [0.15, 0.2) is 0 Å². The molecule has 0 N–H and O–H groups in total. The van der Waals surface area contributed by atoms with E-state index < -0.39 is 0 Å². The van der Waals surface area contributed by atoms with Crippen LogP contribution >= 0.6 is 11.3 Å². The molecule has 0 saturated heterocycles. The number of thiophene rings is 1. The molecule has 31 heavy (non-hydrogen) atoms. The van der Waals surface area contributed by atoms with Gasteiger partial charge in [0.25, 0.3) is 0 Å². The fourth-order valence-corrected chi connectivity index (χ4v) is 4.60. The Balaban J connectivity index is 1.49. The van der Waals surface area contributed by atoms with E-state index >= 15 is 0 Å². The van der Waals surface area contributed by atoms with E-state index in [4.69, 9.17) is 0 Å². The van der Waals surface area contributed by atoms with Gasteiger partial charge >= 0.3 is 0 Å². The maximum atomic E-state index is 3.27. The number of fused-ring (bicyclic) bond motifs is 1. The minimum absolute atomic E-state index is 1.01. The second kappa shape index (κ2) is 10.7. The SMILES string of the molecule is CCCCCCc1ccc(C#CC#Cc2ccccc2-c2ccc3ccccc3c2)s1. The minimum atomic E-state index is 1.01. The number of hydrogen-bond acceptors (Lipinski definition) is 1. The number of aryl methyl sites for hydroxylation is 1. The van der Waals surface area contributed by atoms with Crippen LogP contribution in [0.1, 0.15) is 47.9 Å². The highest BCUT2D eigenvalue weighted by Gasteiger charge is 2.03. The molecule has 0 fully saturated rings. The molecule has 0 spiro atoms. The van der Waals surface area contributed by atoms with Crippen molar-refractivity contribution in [3.63, 3.8) is 0 Å². The molecule has 0 atom stereocenters. The van der Waals surface area contributed by atoms with E-state index in [1.165, 1.54) is 46.9 Å². The third kappa shape index (κ3) is 5.67. The number of hydrogen-bond donors (Lipinski definition) is 0. The quantitative estimate of drug-likeness (QED) is 0.219. The Bertz CT molecular complexity index is 1280. The predicted molar refractivity (Wildman–Crippen MR) is 135 cm³/mol. The zero-order valence-electron chi connectivity index (χ0n) is 17.9. The van der Waals surface area contributed by atoms with Crippen LogP contribution in [0.2, 0.25) is 0 Å². The zero-order valence-corrected chi connectivity index (χ0v) is 18.8. The van der Waals surface area contributed by atoms with Gasteiger partial charge in [0, 0.05) is 10.4 Å². The van der Waals surface area contributed by atoms with E-state index in [2.05, 4.69) is 103 Å². The fourth-order valence-electron chi connectivity index (χ4n) is 3.70. The molecule has 3 aromatic carbocycles. The van der Waals surface area contributed by atoms with Gasteiger partial charge in [0.1, 0.15) is 0 Å². The van der Waals surface area contributed by atoms with Crippen molar-refractivity contribution < 1.29 is 0 Å². The first-order valence-corrected chi connectivity index (χ1v) is 11.8. The highest BCUT2D eigenvalue weighted by Crippen LogP contribution is 2.27. The van der Waals surface area contributed by atoms with Crippen molar-refractivity contribution in [2.45, 2.75) is 39.0 Å². The van der Waals surface area contributed by atoms with Gasteiger partial charge in [-0.3, -0.25) is 0 Å². The van der Waals surface area contributed by atoms with E-state index in [0.717, 1.165) is 22.4 Å². The molecule has 0 unspecified atom stereocenters. The molecule has 0 aliphatic rings. The Labute approximate surface area is 190 Å². The summed E-state index contributed by atoms with van der Waals surface area (Å²) >= 11 is 1.80. The molecule has 1 aromatic heterocycles. The molecule has 1 heteroatoms. The molecule has 0 saturated carbocycles. The minimum Gasteiger partial charge on any atom is -0.132 e. The normalized spacial score (nSPS) is 10.2. The van der Waals surface area contributed by atoms with Crippen molar-refractivity contribution in [2.75, 3.05) is 0 Å². The van der Waals surface area contributed by atoms with E-state index in [1.807, 2.05) is 6.07 Å². The van der Waals surface area contributed by atoms with Crippen LogP contribution in [0.25, 0.3) is 21.9 Å². The van der Waals surface area contributed by atoms with Crippen LogP contribution in [-0.4, -0.2) is 0 Å². The average molecular weight is 419 g/mol. The van der Waals surface area contributed by atoms with Gasteiger partial charge < -0.3 is 0 Å². The maximum Gasteiger partial charge on any atom is 0.0781 e. The Hall–Kier alpha value is -3.26. The summed E-state index contributed by atoms with van der Waals surface area (Å²) in [6.07, 6.45) is 6.36. The molecule has 4 aromatic rings. The van der Waals surface area contributed by atoms with E-state index in [1.54, 1.807) is 11.3 Å². The topological polar surface area (TPSA) is 0 Å². The van der Waals surface area contributed by atoms with Crippen molar-refractivity contribution >= 4 is 22.1 Å². The standard InChI is InChI=1S/C30H26S/c1-2-3-4-5-16-28-21-22-29(31-28)17-10-8-13-25-14-9-11-18-30(25)27-20-19-24-12-6-7-15-26(24)23-27/h6-7,9,11-12,14-15,18-23H,2-5,16H2,1H3. The van der Waals surface area contributed by atoms with Crippen LogP contribution in [0.3, 0.4) is 0 Å². The van der Waals surface area contributed by atoms with Crippen LogP contribution in [-0.2, 0) is 6.42 Å². The Kier molecular flexibility index (Phi) is 7.23. The summed E-state index contributed by atoms with van der Waals surface area (Å²) in [5.41, 5.74) is 3.34. The molecular weight excluding hydrogens is 392 g/mol. The lowest BCUT2D eigenvalue weighted by Gasteiger charge is -2.06. The van der Waals surface area contributed by atoms with Crippen molar-refractivity contribution in [1.29, 1.82) is 0 Å².